The van der Waals surface area contributed by atoms with E-state index in [1.165, 1.54) is 11.5 Å². The third-order valence-corrected chi connectivity index (χ3v) is 1.22. The van der Waals surface area contributed by atoms with E-state index in [4.69, 9.17) is 0 Å². The maximum Gasteiger partial charge on any atom is 0.0511 e. The van der Waals surface area contributed by atoms with E-state index >= 15 is 0 Å². The normalized spacial score (nSPS) is 6.50. The molecule has 1 heterocycles. The monoisotopic (exact) mass is 159 g/mol. The number of nitrogens with zero attached hydrogens (tertiary/aromatic N) is 1. The van der Waals surface area contributed by atoms with Crippen LogP contribution in [-0.4, -0.2) is 4.37 Å². The van der Waals surface area contributed by atoms with Crippen molar-refractivity contribution in [1.29, 1.82) is 0 Å². The van der Waals surface area contributed by atoms with Crippen molar-refractivity contribution < 1.29 is 0 Å². The number of hydrogen-bond donors (Lipinski definition) is 0. The van der Waals surface area contributed by atoms with Crippen molar-refractivity contribution >= 4 is 11.5 Å². The zero-order valence-corrected chi connectivity index (χ0v) is 8.33. The van der Waals surface area contributed by atoms with Gasteiger partial charge in [0.15, 0.2) is 0 Å². The summed E-state index contributed by atoms with van der Waals surface area (Å²) in [6.45, 7) is 9.98. The zero-order chi connectivity index (χ0) is 8.41. The van der Waals surface area contributed by atoms with Gasteiger partial charge in [-0.25, -0.2) is 0 Å². The van der Waals surface area contributed by atoms with Gasteiger partial charge in [0.25, 0.3) is 0 Å². The molecule has 0 aliphatic carbocycles. The topological polar surface area (TPSA) is 12.9 Å². The fourth-order valence-corrected chi connectivity index (χ4v) is 0.819. The molecule has 0 aromatic carbocycles. The summed E-state index contributed by atoms with van der Waals surface area (Å²) in [5.74, 6) is 0. The van der Waals surface area contributed by atoms with E-state index in [2.05, 4.69) is 4.37 Å². The molecule has 0 unspecified atom stereocenters. The minimum absolute atomic E-state index is 1.11. The van der Waals surface area contributed by atoms with Crippen LogP contribution in [0.5, 0.6) is 0 Å². The molecule has 1 aromatic rings. The lowest BCUT2D eigenvalue weighted by Crippen LogP contribution is -1.57. The molecular formula is C8H17NS. The predicted octanol–water partition coefficient (Wildman–Crippen LogP) is 3.50. The average Bonchev–Trinajstić information content (AvgIpc) is 2.48. The summed E-state index contributed by atoms with van der Waals surface area (Å²) in [5.41, 5.74) is 1.11. The highest BCUT2D eigenvalue weighted by molar-refractivity contribution is 7.03. The Morgan fingerprint density at radius 2 is 1.70 bits per heavy atom. The molecule has 0 fully saturated rings. The van der Waals surface area contributed by atoms with Crippen molar-refractivity contribution in [1.82, 2.24) is 4.37 Å². The van der Waals surface area contributed by atoms with E-state index in [9.17, 15) is 0 Å². The van der Waals surface area contributed by atoms with E-state index < -0.39 is 0 Å². The molecule has 0 aliphatic rings. The van der Waals surface area contributed by atoms with Crippen molar-refractivity contribution in [3.05, 3.63) is 17.1 Å². The van der Waals surface area contributed by atoms with Crippen molar-refractivity contribution in [3.8, 4) is 0 Å². The Hall–Kier alpha value is -0.370. The molecule has 10 heavy (non-hydrogen) atoms. The Balaban J connectivity index is 0. The van der Waals surface area contributed by atoms with Crippen LogP contribution in [0, 0.1) is 6.92 Å². The van der Waals surface area contributed by atoms with Crippen LogP contribution in [0.4, 0.5) is 0 Å². The first-order chi connectivity index (χ1) is 4.89. The van der Waals surface area contributed by atoms with Gasteiger partial charge in [0.1, 0.15) is 0 Å². The van der Waals surface area contributed by atoms with Crippen LogP contribution in [0.1, 0.15) is 33.4 Å². The van der Waals surface area contributed by atoms with E-state index in [-0.39, 0.29) is 0 Å². The van der Waals surface area contributed by atoms with Crippen LogP contribution < -0.4 is 0 Å². The second-order valence-corrected chi connectivity index (χ2v) is 1.81. The van der Waals surface area contributed by atoms with Gasteiger partial charge in [-0.3, -0.25) is 0 Å². The van der Waals surface area contributed by atoms with Gasteiger partial charge in [-0.15, -0.1) is 0 Å². The third kappa shape index (κ3) is 7.63. The molecule has 0 aliphatic heterocycles. The summed E-state index contributed by atoms with van der Waals surface area (Å²) in [7, 11) is 0. The highest BCUT2D eigenvalue weighted by Gasteiger charge is 1.76. The van der Waals surface area contributed by atoms with E-state index in [1.54, 1.807) is 0 Å². The molecule has 1 rings (SSSR count). The SMILES string of the molecule is CC.CC.Cc1ccsn1. The van der Waals surface area contributed by atoms with Gasteiger partial charge >= 0.3 is 0 Å². The maximum absolute atomic E-state index is 3.96. The summed E-state index contributed by atoms with van der Waals surface area (Å²) in [4.78, 5) is 0. The van der Waals surface area contributed by atoms with Crippen molar-refractivity contribution in [3.63, 3.8) is 0 Å². The molecule has 0 atom stereocenters. The molecule has 1 aromatic heterocycles. The zero-order valence-electron chi connectivity index (χ0n) is 7.51. The minimum atomic E-state index is 1.11. The van der Waals surface area contributed by atoms with Gasteiger partial charge < -0.3 is 0 Å². The molecule has 0 spiro atoms. The standard InChI is InChI=1S/C4H5NS.2C2H6/c1-4-2-3-6-5-4;2*1-2/h2-3H,1H3;2*1-2H3. The molecule has 60 valence electrons. The van der Waals surface area contributed by atoms with Gasteiger partial charge in [0, 0.05) is 5.38 Å². The van der Waals surface area contributed by atoms with Gasteiger partial charge in [-0.1, -0.05) is 27.7 Å². The number of aryl methyl sites for hydroxylation is 1. The summed E-state index contributed by atoms with van der Waals surface area (Å²) in [5, 5.41) is 1.97. The molecule has 0 amide bonds. The molecule has 0 radical (unpaired) electrons. The maximum atomic E-state index is 3.96. The predicted molar refractivity (Wildman–Crippen MR) is 49.5 cm³/mol. The lowest BCUT2D eigenvalue weighted by Gasteiger charge is -1.64. The van der Waals surface area contributed by atoms with E-state index in [0.717, 1.165) is 5.69 Å². The van der Waals surface area contributed by atoms with Crippen molar-refractivity contribution in [2.75, 3.05) is 0 Å². The largest absolute Gasteiger partial charge is 0.198 e. The Morgan fingerprint density at radius 3 is 1.80 bits per heavy atom. The second kappa shape index (κ2) is 11.4. The first-order valence-corrected chi connectivity index (χ1v) is 4.60. The highest BCUT2D eigenvalue weighted by Crippen LogP contribution is 1.94. The molecule has 2 heteroatoms. The fourth-order valence-electron chi connectivity index (χ4n) is 0.273. The van der Waals surface area contributed by atoms with Crippen LogP contribution >= 0.6 is 11.5 Å². The lowest BCUT2D eigenvalue weighted by molar-refractivity contribution is 1.35. The van der Waals surface area contributed by atoms with Crippen molar-refractivity contribution in [2.24, 2.45) is 0 Å². The second-order valence-electron chi connectivity index (χ2n) is 1.14. The Bertz CT molecular complexity index is 113. The molecule has 0 saturated heterocycles. The first kappa shape index (κ1) is 12.3. The van der Waals surface area contributed by atoms with Gasteiger partial charge in [-0.05, 0) is 24.5 Å². The quantitative estimate of drug-likeness (QED) is 0.564. The van der Waals surface area contributed by atoms with Crippen LogP contribution in [0.3, 0.4) is 0 Å². The molecule has 0 bridgehead atoms. The number of rotatable bonds is 0. The first-order valence-electron chi connectivity index (χ1n) is 3.76. The van der Waals surface area contributed by atoms with E-state index in [0.29, 0.717) is 0 Å². The molecule has 1 nitrogen and oxygen atoms in total. The minimum Gasteiger partial charge on any atom is -0.198 e. The summed E-state index contributed by atoms with van der Waals surface area (Å²) >= 11 is 1.49. The van der Waals surface area contributed by atoms with Crippen LogP contribution in [0.25, 0.3) is 0 Å². The van der Waals surface area contributed by atoms with Crippen LogP contribution in [-0.2, 0) is 0 Å². The Labute approximate surface area is 68.3 Å². The van der Waals surface area contributed by atoms with Crippen LogP contribution in [0.2, 0.25) is 0 Å². The number of hydrogen-bond acceptors (Lipinski definition) is 2. The smallest absolute Gasteiger partial charge is 0.0511 e. The molecule has 0 N–H and O–H groups in total. The Kier molecular flexibility index (Phi) is 14.1. The van der Waals surface area contributed by atoms with E-state index in [1.807, 2.05) is 46.1 Å². The van der Waals surface area contributed by atoms with Crippen molar-refractivity contribution in [2.45, 2.75) is 34.6 Å². The molecular weight excluding hydrogens is 142 g/mol. The third-order valence-electron chi connectivity index (χ3n) is 0.567. The number of aromatic nitrogens is 1. The molecule has 0 saturated carbocycles. The summed E-state index contributed by atoms with van der Waals surface area (Å²) < 4.78 is 3.96. The average molecular weight is 159 g/mol. The van der Waals surface area contributed by atoms with Crippen LogP contribution in [0.15, 0.2) is 11.4 Å². The summed E-state index contributed by atoms with van der Waals surface area (Å²) in [6.07, 6.45) is 0. The van der Waals surface area contributed by atoms with Gasteiger partial charge in [0.2, 0.25) is 0 Å². The van der Waals surface area contributed by atoms with Gasteiger partial charge in [-0.2, -0.15) is 4.37 Å². The Morgan fingerprint density at radius 1 is 1.20 bits per heavy atom. The van der Waals surface area contributed by atoms with Gasteiger partial charge in [0.05, 0.1) is 5.69 Å². The summed E-state index contributed by atoms with van der Waals surface area (Å²) in [6, 6.07) is 1.99. The fraction of sp³-hybridized carbons (Fsp3) is 0.625. The highest BCUT2D eigenvalue weighted by atomic mass is 32.1. The lowest BCUT2D eigenvalue weighted by atomic mass is 10.5.